The lowest BCUT2D eigenvalue weighted by molar-refractivity contribution is -0.133. The highest BCUT2D eigenvalue weighted by molar-refractivity contribution is 6.06. The van der Waals surface area contributed by atoms with Crippen LogP contribution < -0.4 is 0 Å². The van der Waals surface area contributed by atoms with E-state index in [1.165, 1.54) is 6.08 Å². The summed E-state index contributed by atoms with van der Waals surface area (Å²) in [6.07, 6.45) is 1.63. The van der Waals surface area contributed by atoms with Gasteiger partial charge in [0.25, 0.3) is 0 Å². The normalized spacial score (nSPS) is 7.22. The van der Waals surface area contributed by atoms with Gasteiger partial charge in [-0.05, 0) is 13.0 Å². The minimum atomic E-state index is -1.25. The molecule has 0 unspecified atom stereocenters. The molecular weight excluding hydrogens is 120 g/mol. The van der Waals surface area contributed by atoms with Gasteiger partial charge in [-0.25, -0.2) is 4.79 Å². The lowest BCUT2D eigenvalue weighted by atomic mass is 10.3. The molecule has 3 nitrogen and oxygen atoms in total. The molecular formula is C6H6O3. The third kappa shape index (κ3) is 2.46. The Labute approximate surface area is 52.3 Å². The highest BCUT2D eigenvalue weighted by atomic mass is 16.4. The predicted octanol–water partition coefficient (Wildman–Crippen LogP) is 0.371. The number of rotatable bonds is 2. The van der Waals surface area contributed by atoms with E-state index in [-0.39, 0.29) is 11.9 Å². The topological polar surface area (TPSA) is 54.4 Å². The van der Waals surface area contributed by atoms with E-state index in [0.29, 0.717) is 0 Å². The van der Waals surface area contributed by atoms with Gasteiger partial charge in [0, 0.05) is 0 Å². The Kier molecular flexibility index (Phi) is 3.09. The minimum Gasteiger partial charge on any atom is -0.477 e. The van der Waals surface area contributed by atoms with E-state index in [1.807, 2.05) is 0 Å². The van der Waals surface area contributed by atoms with Crippen LogP contribution >= 0.6 is 0 Å². The summed E-state index contributed by atoms with van der Waals surface area (Å²) in [6.45, 7) is 1.59. The first-order chi connectivity index (χ1) is 4.22. The molecule has 0 aromatic carbocycles. The van der Waals surface area contributed by atoms with Crippen LogP contribution in [-0.2, 0) is 9.59 Å². The maximum Gasteiger partial charge on any atom is 0.346 e. The molecule has 0 heterocycles. The Morgan fingerprint density at radius 3 is 2.33 bits per heavy atom. The van der Waals surface area contributed by atoms with Crippen LogP contribution in [0.4, 0.5) is 0 Å². The van der Waals surface area contributed by atoms with E-state index in [4.69, 9.17) is 5.11 Å². The molecule has 0 amide bonds. The Hall–Kier alpha value is -1.34. The maximum absolute atomic E-state index is 9.97. The van der Waals surface area contributed by atoms with Crippen LogP contribution in [0.25, 0.3) is 0 Å². The molecule has 0 bridgehead atoms. The Balaban J connectivity index is 4.55. The first kappa shape index (κ1) is 7.66. The molecule has 0 saturated carbocycles. The highest BCUT2D eigenvalue weighted by Gasteiger charge is 2.01. The highest BCUT2D eigenvalue weighted by Crippen LogP contribution is 1.83. The fraction of sp³-hybridized carbons (Fsp3) is 0.167. The molecule has 0 saturated heterocycles. The average molecular weight is 126 g/mol. The van der Waals surface area contributed by atoms with Crippen LogP contribution in [0.3, 0.4) is 0 Å². The second-order valence-corrected chi connectivity index (χ2v) is 1.27. The van der Waals surface area contributed by atoms with Crippen LogP contribution in [-0.4, -0.2) is 17.4 Å². The summed E-state index contributed by atoms with van der Waals surface area (Å²) >= 11 is 0. The van der Waals surface area contributed by atoms with Crippen molar-refractivity contribution in [1.29, 1.82) is 0 Å². The zero-order chi connectivity index (χ0) is 7.28. The van der Waals surface area contributed by atoms with Crippen molar-refractivity contribution in [2.45, 2.75) is 6.92 Å². The van der Waals surface area contributed by atoms with Crippen LogP contribution in [0, 0.1) is 0 Å². The van der Waals surface area contributed by atoms with Crippen molar-refractivity contribution < 1.29 is 14.7 Å². The van der Waals surface area contributed by atoms with Gasteiger partial charge in [0.2, 0.25) is 0 Å². The summed E-state index contributed by atoms with van der Waals surface area (Å²) < 4.78 is 0. The van der Waals surface area contributed by atoms with Crippen molar-refractivity contribution in [3.8, 4) is 0 Å². The molecule has 9 heavy (non-hydrogen) atoms. The second kappa shape index (κ2) is 3.64. The van der Waals surface area contributed by atoms with Crippen LogP contribution in [0.2, 0.25) is 0 Å². The van der Waals surface area contributed by atoms with E-state index in [9.17, 15) is 9.59 Å². The largest absolute Gasteiger partial charge is 0.477 e. The zero-order valence-corrected chi connectivity index (χ0v) is 4.92. The monoisotopic (exact) mass is 126 g/mol. The number of carbonyl (C=O) groups excluding carboxylic acids is 1. The smallest absolute Gasteiger partial charge is 0.346 e. The number of hydrogen-bond acceptors (Lipinski definition) is 2. The first-order valence-corrected chi connectivity index (χ1v) is 2.32. The molecule has 0 atom stereocenters. The number of carboxylic acid groups (broad SMARTS) is 1. The van der Waals surface area contributed by atoms with E-state index in [1.54, 1.807) is 6.92 Å². The molecule has 0 spiro atoms. The number of aldehydes is 1. The molecule has 0 aliphatic carbocycles. The van der Waals surface area contributed by atoms with Gasteiger partial charge in [-0.2, -0.15) is 0 Å². The van der Waals surface area contributed by atoms with E-state index < -0.39 is 5.97 Å². The molecule has 0 radical (unpaired) electrons. The van der Waals surface area contributed by atoms with Crippen LogP contribution in [0.15, 0.2) is 17.4 Å². The number of aliphatic carboxylic acids is 1. The number of carbonyl (C=O) groups is 2. The molecule has 0 fully saturated rings. The van der Waals surface area contributed by atoms with Gasteiger partial charge in [0.1, 0.15) is 5.57 Å². The van der Waals surface area contributed by atoms with Crippen molar-refractivity contribution in [3.63, 3.8) is 0 Å². The van der Waals surface area contributed by atoms with Gasteiger partial charge in [-0.15, -0.1) is 5.73 Å². The Bertz CT molecular complexity index is 184. The van der Waals surface area contributed by atoms with Crippen LogP contribution in [0.5, 0.6) is 0 Å². The van der Waals surface area contributed by atoms with Crippen molar-refractivity contribution >= 4 is 12.3 Å². The molecule has 3 heteroatoms. The summed E-state index contributed by atoms with van der Waals surface area (Å²) in [6, 6.07) is 0. The summed E-state index contributed by atoms with van der Waals surface area (Å²) in [4.78, 5) is 19.8. The molecule has 0 rings (SSSR count). The molecule has 0 aliphatic heterocycles. The van der Waals surface area contributed by atoms with Crippen LogP contribution in [0.1, 0.15) is 6.92 Å². The minimum absolute atomic E-state index is 0.252. The van der Waals surface area contributed by atoms with E-state index in [2.05, 4.69) is 5.73 Å². The lowest BCUT2D eigenvalue weighted by Crippen LogP contribution is -1.99. The van der Waals surface area contributed by atoms with Gasteiger partial charge in [0.05, 0.1) is 0 Å². The van der Waals surface area contributed by atoms with Crippen molar-refractivity contribution in [2.24, 2.45) is 0 Å². The molecule has 0 aromatic rings. The maximum atomic E-state index is 9.97. The van der Waals surface area contributed by atoms with Gasteiger partial charge >= 0.3 is 5.97 Å². The van der Waals surface area contributed by atoms with Gasteiger partial charge in [0.15, 0.2) is 6.29 Å². The summed E-state index contributed by atoms with van der Waals surface area (Å²) in [5.41, 5.74) is 1.91. The molecule has 48 valence electrons. The quantitative estimate of drug-likeness (QED) is 0.191. The zero-order valence-electron chi connectivity index (χ0n) is 4.92. The van der Waals surface area contributed by atoms with E-state index >= 15 is 0 Å². The van der Waals surface area contributed by atoms with E-state index in [0.717, 1.165) is 0 Å². The van der Waals surface area contributed by atoms with Gasteiger partial charge in [-0.3, -0.25) is 4.79 Å². The lowest BCUT2D eigenvalue weighted by Gasteiger charge is -1.80. The predicted molar refractivity (Wildman–Crippen MR) is 31.0 cm³/mol. The van der Waals surface area contributed by atoms with Gasteiger partial charge < -0.3 is 5.11 Å². The molecule has 1 N–H and O–H groups in total. The third-order valence-corrected chi connectivity index (χ3v) is 0.648. The number of carboxylic acids is 1. The summed E-state index contributed by atoms with van der Waals surface area (Å²) in [7, 11) is 0. The van der Waals surface area contributed by atoms with Gasteiger partial charge in [-0.1, -0.05) is 0 Å². The van der Waals surface area contributed by atoms with Crippen molar-refractivity contribution in [2.75, 3.05) is 0 Å². The second-order valence-electron chi connectivity index (χ2n) is 1.27. The average Bonchev–Trinajstić information content (AvgIpc) is 1.82. The first-order valence-electron chi connectivity index (χ1n) is 2.32. The third-order valence-electron chi connectivity index (χ3n) is 0.648. The summed E-state index contributed by atoms with van der Waals surface area (Å²) in [5.74, 6) is -1.25. The Morgan fingerprint density at radius 1 is 1.67 bits per heavy atom. The fourth-order valence-electron chi connectivity index (χ4n) is 0.302. The van der Waals surface area contributed by atoms with Crippen molar-refractivity contribution in [1.82, 2.24) is 0 Å². The summed E-state index contributed by atoms with van der Waals surface area (Å²) in [5, 5.41) is 8.15. The molecule has 0 aliphatic rings. The number of hydrogen-bond donors (Lipinski definition) is 1. The van der Waals surface area contributed by atoms with Crippen molar-refractivity contribution in [3.05, 3.63) is 17.4 Å². The fourth-order valence-corrected chi connectivity index (χ4v) is 0.302. The Morgan fingerprint density at radius 2 is 2.22 bits per heavy atom. The SMILES string of the molecule is CC=C=C(C=O)C(=O)O. The molecule has 0 aromatic heterocycles. The standard InChI is InChI=1S/C6H6O3/c1-2-3-5(4-7)6(8)9/h2,4H,1H3,(H,8,9).